The average Bonchev–Trinajstić information content (AvgIpc) is 3.04. The summed E-state index contributed by atoms with van der Waals surface area (Å²) in [5.74, 6) is -0.940. The third-order valence-corrected chi connectivity index (χ3v) is 4.37. The number of aryl methyl sites for hydroxylation is 1. The molecule has 3 rings (SSSR count). The minimum atomic E-state index is -1.15. The molecule has 136 valence electrons. The summed E-state index contributed by atoms with van der Waals surface area (Å²) < 4.78 is 26.7. The predicted molar refractivity (Wildman–Crippen MR) is 94.8 cm³/mol. The van der Waals surface area contributed by atoms with Crippen LogP contribution in [0.25, 0.3) is 0 Å². The standard InChI is InChI=1S/C20H20F2N2O2/c1-20(13-18(24-26-20)16-6-2-3-7-17(16)22)19(25)23-12-4-5-14-8-10-15(21)11-9-14/h2-3,6-11H,4-5,12-13H2,1H3,(H,23,25)/t20-/m1/s1. The lowest BCUT2D eigenvalue weighted by Crippen LogP contribution is -2.45. The zero-order valence-corrected chi connectivity index (χ0v) is 14.5. The number of amides is 1. The van der Waals surface area contributed by atoms with Gasteiger partial charge in [0.1, 0.15) is 11.6 Å². The van der Waals surface area contributed by atoms with Crippen molar-refractivity contribution in [2.24, 2.45) is 5.16 Å². The number of oxime groups is 1. The number of carbonyl (C=O) groups excluding carboxylic acids is 1. The highest BCUT2D eigenvalue weighted by Crippen LogP contribution is 2.27. The second kappa shape index (κ2) is 7.64. The van der Waals surface area contributed by atoms with Crippen molar-refractivity contribution in [1.29, 1.82) is 0 Å². The van der Waals surface area contributed by atoms with Crippen molar-refractivity contribution in [3.8, 4) is 0 Å². The van der Waals surface area contributed by atoms with Gasteiger partial charge < -0.3 is 10.2 Å². The first kappa shape index (κ1) is 18.0. The summed E-state index contributed by atoms with van der Waals surface area (Å²) in [5, 5.41) is 6.73. The number of benzene rings is 2. The topological polar surface area (TPSA) is 50.7 Å². The van der Waals surface area contributed by atoms with E-state index in [1.54, 1.807) is 37.3 Å². The molecule has 0 fully saturated rings. The van der Waals surface area contributed by atoms with E-state index in [9.17, 15) is 13.6 Å². The molecule has 1 heterocycles. The Bertz CT molecular complexity index is 821. The third kappa shape index (κ3) is 4.07. The van der Waals surface area contributed by atoms with Crippen molar-refractivity contribution in [2.75, 3.05) is 6.54 Å². The Hall–Kier alpha value is -2.76. The smallest absolute Gasteiger partial charge is 0.267 e. The van der Waals surface area contributed by atoms with Gasteiger partial charge in [0.25, 0.3) is 5.91 Å². The maximum atomic E-state index is 13.9. The Kier molecular flexibility index (Phi) is 5.30. The van der Waals surface area contributed by atoms with Crippen molar-refractivity contribution in [2.45, 2.75) is 31.8 Å². The van der Waals surface area contributed by atoms with Crippen LogP contribution in [0.1, 0.15) is 30.9 Å². The highest BCUT2D eigenvalue weighted by Gasteiger charge is 2.42. The molecule has 26 heavy (non-hydrogen) atoms. The number of nitrogens with zero attached hydrogens (tertiary/aromatic N) is 1. The second-order valence-corrected chi connectivity index (χ2v) is 6.50. The van der Waals surface area contributed by atoms with Crippen LogP contribution in [-0.4, -0.2) is 23.8 Å². The Morgan fingerprint density at radius 2 is 1.92 bits per heavy atom. The van der Waals surface area contributed by atoms with E-state index in [0.717, 1.165) is 12.0 Å². The van der Waals surface area contributed by atoms with Gasteiger partial charge in [-0.15, -0.1) is 0 Å². The predicted octanol–water partition coefficient (Wildman–Crippen LogP) is 3.60. The molecule has 2 aromatic carbocycles. The van der Waals surface area contributed by atoms with Gasteiger partial charge in [0, 0.05) is 18.5 Å². The van der Waals surface area contributed by atoms with E-state index < -0.39 is 5.60 Å². The van der Waals surface area contributed by atoms with Crippen molar-refractivity contribution in [3.05, 3.63) is 71.3 Å². The number of hydrogen-bond donors (Lipinski definition) is 1. The van der Waals surface area contributed by atoms with E-state index in [1.165, 1.54) is 18.2 Å². The van der Waals surface area contributed by atoms with Gasteiger partial charge in [-0.2, -0.15) is 0 Å². The lowest BCUT2D eigenvalue weighted by atomic mass is 9.95. The van der Waals surface area contributed by atoms with E-state index in [0.29, 0.717) is 24.2 Å². The molecule has 0 bridgehead atoms. The van der Waals surface area contributed by atoms with Gasteiger partial charge in [0.15, 0.2) is 0 Å². The average molecular weight is 358 g/mol. The zero-order valence-electron chi connectivity index (χ0n) is 14.5. The summed E-state index contributed by atoms with van der Waals surface area (Å²) >= 11 is 0. The van der Waals surface area contributed by atoms with Gasteiger partial charge in [-0.25, -0.2) is 8.78 Å². The van der Waals surface area contributed by atoms with E-state index in [4.69, 9.17) is 4.84 Å². The van der Waals surface area contributed by atoms with Crippen molar-refractivity contribution < 1.29 is 18.4 Å². The van der Waals surface area contributed by atoms with E-state index in [2.05, 4.69) is 10.5 Å². The number of carbonyl (C=O) groups is 1. The molecule has 2 aromatic rings. The molecule has 1 aliphatic rings. The largest absolute Gasteiger partial charge is 0.379 e. The third-order valence-electron chi connectivity index (χ3n) is 4.37. The van der Waals surface area contributed by atoms with Crippen LogP contribution in [0.4, 0.5) is 8.78 Å². The summed E-state index contributed by atoms with van der Waals surface area (Å²) in [6.45, 7) is 2.10. The van der Waals surface area contributed by atoms with Gasteiger partial charge in [0.05, 0.1) is 5.71 Å². The van der Waals surface area contributed by atoms with Crippen LogP contribution in [0, 0.1) is 11.6 Å². The fourth-order valence-corrected chi connectivity index (χ4v) is 2.83. The maximum Gasteiger partial charge on any atom is 0.267 e. The first-order valence-corrected chi connectivity index (χ1v) is 8.51. The van der Waals surface area contributed by atoms with E-state index in [-0.39, 0.29) is 24.0 Å². The molecule has 1 N–H and O–H groups in total. The van der Waals surface area contributed by atoms with Crippen LogP contribution in [0.5, 0.6) is 0 Å². The highest BCUT2D eigenvalue weighted by molar-refractivity contribution is 6.05. The summed E-state index contributed by atoms with van der Waals surface area (Å²) in [6.07, 6.45) is 1.65. The van der Waals surface area contributed by atoms with Gasteiger partial charge >= 0.3 is 0 Å². The molecule has 0 saturated carbocycles. The molecule has 0 aliphatic carbocycles. The molecule has 1 aliphatic heterocycles. The number of rotatable bonds is 6. The van der Waals surface area contributed by atoms with Crippen LogP contribution in [0.15, 0.2) is 53.7 Å². The second-order valence-electron chi connectivity index (χ2n) is 6.50. The van der Waals surface area contributed by atoms with Crippen LogP contribution >= 0.6 is 0 Å². The lowest BCUT2D eigenvalue weighted by molar-refractivity contribution is -0.141. The highest BCUT2D eigenvalue weighted by atomic mass is 19.1. The molecule has 6 heteroatoms. The van der Waals surface area contributed by atoms with Crippen LogP contribution in [0.3, 0.4) is 0 Å². The molecular formula is C20H20F2N2O2. The zero-order chi connectivity index (χ0) is 18.6. The van der Waals surface area contributed by atoms with Crippen molar-refractivity contribution in [3.63, 3.8) is 0 Å². The minimum absolute atomic E-state index is 0.206. The quantitative estimate of drug-likeness (QED) is 0.802. The SMILES string of the molecule is C[C@]1(C(=O)NCCCc2ccc(F)cc2)CC(c2ccccc2F)=NO1. The van der Waals surface area contributed by atoms with Gasteiger partial charge in [-0.1, -0.05) is 35.5 Å². The normalized spacial score (nSPS) is 19.0. The fraction of sp³-hybridized carbons (Fsp3) is 0.300. The first-order valence-electron chi connectivity index (χ1n) is 8.51. The van der Waals surface area contributed by atoms with Gasteiger partial charge in [-0.3, -0.25) is 4.79 Å². The molecular weight excluding hydrogens is 338 g/mol. The van der Waals surface area contributed by atoms with E-state index >= 15 is 0 Å². The summed E-state index contributed by atoms with van der Waals surface area (Å²) in [5.41, 5.74) is 0.634. The Morgan fingerprint density at radius 3 is 2.65 bits per heavy atom. The number of hydrogen-bond acceptors (Lipinski definition) is 3. The van der Waals surface area contributed by atoms with Gasteiger partial charge in [-0.05, 0) is 43.5 Å². The summed E-state index contributed by atoms with van der Waals surface area (Å²) in [4.78, 5) is 17.8. The summed E-state index contributed by atoms with van der Waals surface area (Å²) in [6, 6.07) is 12.6. The Morgan fingerprint density at radius 1 is 1.19 bits per heavy atom. The molecule has 1 atom stereocenters. The number of nitrogens with one attached hydrogen (secondary N) is 1. The van der Waals surface area contributed by atoms with Crippen molar-refractivity contribution in [1.82, 2.24) is 5.32 Å². The molecule has 0 spiro atoms. The molecule has 0 aromatic heterocycles. The Labute approximate surface area is 150 Å². The van der Waals surface area contributed by atoms with Crippen LogP contribution in [0.2, 0.25) is 0 Å². The van der Waals surface area contributed by atoms with Gasteiger partial charge in [0.2, 0.25) is 5.60 Å². The summed E-state index contributed by atoms with van der Waals surface area (Å²) in [7, 11) is 0. The monoisotopic (exact) mass is 358 g/mol. The van der Waals surface area contributed by atoms with Crippen molar-refractivity contribution >= 4 is 11.6 Å². The first-order chi connectivity index (χ1) is 12.5. The molecule has 1 amide bonds. The molecule has 0 saturated heterocycles. The van der Waals surface area contributed by atoms with E-state index in [1.807, 2.05) is 0 Å². The molecule has 4 nitrogen and oxygen atoms in total. The lowest BCUT2D eigenvalue weighted by Gasteiger charge is -2.20. The molecule has 0 unspecified atom stereocenters. The molecule has 0 radical (unpaired) electrons. The number of halogens is 2. The Balaban J connectivity index is 1.49. The minimum Gasteiger partial charge on any atom is -0.379 e. The van der Waals surface area contributed by atoms with Crippen LogP contribution < -0.4 is 5.32 Å². The maximum absolute atomic E-state index is 13.9. The van der Waals surface area contributed by atoms with Crippen LogP contribution in [-0.2, 0) is 16.1 Å². The fourth-order valence-electron chi connectivity index (χ4n) is 2.83.